The maximum absolute atomic E-state index is 12.0. The summed E-state index contributed by atoms with van der Waals surface area (Å²) in [6.07, 6.45) is 2.24. The van der Waals surface area contributed by atoms with Crippen LogP contribution in [0.2, 0.25) is 5.02 Å². The lowest BCUT2D eigenvalue weighted by molar-refractivity contribution is -0.115. The molecule has 1 saturated heterocycles. The van der Waals surface area contributed by atoms with Gasteiger partial charge in [0.2, 0.25) is 5.91 Å². The second-order valence-corrected chi connectivity index (χ2v) is 10.8. The Labute approximate surface area is 240 Å². The molecule has 2 aromatic carbocycles. The van der Waals surface area contributed by atoms with Gasteiger partial charge in [0.05, 0.1) is 17.8 Å². The number of aromatic nitrogens is 2. The van der Waals surface area contributed by atoms with Gasteiger partial charge in [-0.1, -0.05) is 30.7 Å². The Morgan fingerprint density at radius 2 is 1.85 bits per heavy atom. The van der Waals surface area contributed by atoms with Crippen molar-refractivity contribution in [2.45, 2.75) is 53.1 Å². The summed E-state index contributed by atoms with van der Waals surface area (Å²) in [6.45, 7) is 10.2. The van der Waals surface area contributed by atoms with Gasteiger partial charge in [-0.2, -0.15) is 0 Å². The molecule has 1 amide bonds. The number of nitrogens with zero attached hydrogens (tertiary/aromatic N) is 3. The van der Waals surface area contributed by atoms with Crippen molar-refractivity contribution in [3.8, 4) is 5.69 Å². The molecule has 0 saturated carbocycles. The molecule has 0 bridgehead atoms. The van der Waals surface area contributed by atoms with Gasteiger partial charge in [-0.3, -0.25) is 9.78 Å². The van der Waals surface area contributed by atoms with Crippen molar-refractivity contribution < 1.29 is 4.79 Å². The number of carbonyl (C=O) groups is 1. The van der Waals surface area contributed by atoms with Gasteiger partial charge in [-0.15, -0.1) is 0 Å². The van der Waals surface area contributed by atoms with E-state index >= 15 is 0 Å². The molecule has 3 heterocycles. The molecule has 4 aromatic rings. The summed E-state index contributed by atoms with van der Waals surface area (Å²) in [5.41, 5.74) is 9.22. The first kappa shape index (κ1) is 26.9. The predicted octanol–water partition coefficient (Wildman–Crippen LogP) is 7.28. The molecule has 2 atom stereocenters. The molecule has 0 radical (unpaired) electrons. The van der Waals surface area contributed by atoms with E-state index < -0.39 is 0 Å². The average molecular weight is 558 g/mol. The molecule has 0 unspecified atom stereocenters. The Bertz CT molecular complexity index is 1560. The SMILES string of the molecule is CCC(=O)Nc1ccc(N2C(=S)N[C@H](c3ccccn3)[C@H]2c2cc(C)n(-c3cc(Cl)ccc3C)c2C)cc1C. The maximum Gasteiger partial charge on any atom is 0.224 e. The molecule has 6 nitrogen and oxygen atoms in total. The predicted molar refractivity (Wildman–Crippen MR) is 163 cm³/mol. The lowest BCUT2D eigenvalue weighted by Gasteiger charge is -2.29. The number of amides is 1. The fourth-order valence-electron chi connectivity index (χ4n) is 5.41. The van der Waals surface area contributed by atoms with E-state index in [1.807, 2.05) is 68.6 Å². The maximum atomic E-state index is 12.0. The molecule has 1 aliphatic heterocycles. The van der Waals surface area contributed by atoms with Gasteiger partial charge in [0, 0.05) is 46.1 Å². The number of carbonyl (C=O) groups excluding carboxylic acids is 1. The third kappa shape index (κ3) is 5.04. The van der Waals surface area contributed by atoms with Gasteiger partial charge in [-0.25, -0.2) is 0 Å². The number of hydrogen-bond donors (Lipinski definition) is 2. The Balaban J connectivity index is 1.65. The highest BCUT2D eigenvalue weighted by molar-refractivity contribution is 7.80. The molecular weight excluding hydrogens is 526 g/mol. The van der Waals surface area contributed by atoms with Gasteiger partial charge in [0.15, 0.2) is 5.11 Å². The van der Waals surface area contributed by atoms with Crippen LogP contribution in [0, 0.1) is 27.7 Å². The van der Waals surface area contributed by atoms with Gasteiger partial charge in [-0.05, 0) is 105 Å². The highest BCUT2D eigenvalue weighted by Crippen LogP contribution is 2.44. The van der Waals surface area contributed by atoms with E-state index in [2.05, 4.69) is 53.0 Å². The van der Waals surface area contributed by atoms with Crippen LogP contribution in [0.1, 0.15) is 59.2 Å². The van der Waals surface area contributed by atoms with E-state index in [0.29, 0.717) is 16.6 Å². The van der Waals surface area contributed by atoms with Crippen LogP contribution in [-0.2, 0) is 4.79 Å². The fourth-order valence-corrected chi connectivity index (χ4v) is 5.92. The third-order valence-corrected chi connectivity index (χ3v) is 7.93. The van der Waals surface area contributed by atoms with Crippen molar-refractivity contribution in [3.63, 3.8) is 0 Å². The van der Waals surface area contributed by atoms with Crippen LogP contribution in [0.15, 0.2) is 66.9 Å². The van der Waals surface area contributed by atoms with Crippen LogP contribution in [0.25, 0.3) is 5.69 Å². The molecule has 2 N–H and O–H groups in total. The molecule has 5 rings (SSSR count). The minimum absolute atomic E-state index is 0.0129. The van der Waals surface area contributed by atoms with Gasteiger partial charge < -0.3 is 20.1 Å². The molecule has 39 heavy (non-hydrogen) atoms. The van der Waals surface area contributed by atoms with Crippen molar-refractivity contribution in [2.75, 3.05) is 10.2 Å². The number of rotatable bonds is 6. The number of nitrogens with one attached hydrogen (secondary N) is 2. The zero-order chi connectivity index (χ0) is 27.8. The monoisotopic (exact) mass is 557 g/mol. The van der Waals surface area contributed by atoms with E-state index in [-0.39, 0.29) is 18.0 Å². The standard InChI is InChI=1S/C31H32ClN5OS/c1-6-28(38)34-25-13-12-23(15-19(25)3)37-30(29(35-31(37)39)26-9-7-8-14-33-26)24-16-20(4)36(21(24)5)27-17-22(32)11-10-18(27)2/h7-17,29-30H,6H2,1-5H3,(H,34,38)(H,35,39)/t29-,30-/m1/s1. The topological polar surface area (TPSA) is 62.2 Å². The number of benzene rings is 2. The van der Waals surface area contributed by atoms with Crippen LogP contribution in [0.4, 0.5) is 11.4 Å². The van der Waals surface area contributed by atoms with Crippen molar-refractivity contribution in [1.29, 1.82) is 0 Å². The highest BCUT2D eigenvalue weighted by atomic mass is 35.5. The molecular formula is C31H32ClN5OS. The zero-order valence-corrected chi connectivity index (χ0v) is 24.3. The van der Waals surface area contributed by atoms with E-state index in [0.717, 1.165) is 50.8 Å². The first-order chi connectivity index (χ1) is 18.7. The van der Waals surface area contributed by atoms with Gasteiger partial charge in [0.1, 0.15) is 0 Å². The van der Waals surface area contributed by atoms with Crippen molar-refractivity contribution in [1.82, 2.24) is 14.9 Å². The molecule has 0 spiro atoms. The quantitative estimate of drug-likeness (QED) is 0.244. The summed E-state index contributed by atoms with van der Waals surface area (Å²) in [5.74, 6) is -0.0129. The molecule has 1 fully saturated rings. The third-order valence-electron chi connectivity index (χ3n) is 7.38. The number of halogens is 1. The molecule has 8 heteroatoms. The van der Waals surface area contributed by atoms with E-state index in [4.69, 9.17) is 28.8 Å². The summed E-state index contributed by atoms with van der Waals surface area (Å²) < 4.78 is 2.26. The van der Waals surface area contributed by atoms with Crippen molar-refractivity contribution in [3.05, 3.63) is 106 Å². The number of thiocarbonyl (C=S) groups is 1. The Morgan fingerprint density at radius 1 is 1.05 bits per heavy atom. The van der Waals surface area contributed by atoms with E-state index in [1.165, 1.54) is 0 Å². The normalized spacial score (nSPS) is 16.9. The minimum Gasteiger partial charge on any atom is -0.351 e. The number of aryl methyl sites for hydroxylation is 3. The number of anilines is 2. The van der Waals surface area contributed by atoms with Crippen LogP contribution < -0.4 is 15.5 Å². The van der Waals surface area contributed by atoms with E-state index in [1.54, 1.807) is 0 Å². The van der Waals surface area contributed by atoms with Gasteiger partial charge in [0.25, 0.3) is 0 Å². The largest absolute Gasteiger partial charge is 0.351 e. The van der Waals surface area contributed by atoms with Crippen LogP contribution in [0.3, 0.4) is 0 Å². The molecule has 1 aliphatic rings. The zero-order valence-electron chi connectivity index (χ0n) is 22.7. The average Bonchev–Trinajstić information content (AvgIpc) is 3.41. The number of pyridine rings is 1. The summed E-state index contributed by atoms with van der Waals surface area (Å²) >= 11 is 12.4. The number of hydrogen-bond acceptors (Lipinski definition) is 3. The molecule has 2 aromatic heterocycles. The highest BCUT2D eigenvalue weighted by Gasteiger charge is 2.42. The van der Waals surface area contributed by atoms with Crippen molar-refractivity contribution >= 4 is 46.2 Å². The lowest BCUT2D eigenvalue weighted by atomic mass is 9.96. The Kier molecular flexibility index (Phi) is 7.47. The summed E-state index contributed by atoms with van der Waals surface area (Å²) in [6, 6.07) is 19.9. The van der Waals surface area contributed by atoms with Crippen LogP contribution >= 0.6 is 23.8 Å². The second-order valence-electron chi connectivity index (χ2n) is 9.99. The fraction of sp³-hybridized carbons (Fsp3) is 0.258. The summed E-state index contributed by atoms with van der Waals surface area (Å²) in [5, 5.41) is 7.87. The lowest BCUT2D eigenvalue weighted by Crippen LogP contribution is -2.29. The first-order valence-corrected chi connectivity index (χ1v) is 13.8. The summed E-state index contributed by atoms with van der Waals surface area (Å²) in [4.78, 5) is 18.9. The molecule has 0 aliphatic carbocycles. The Morgan fingerprint density at radius 3 is 2.54 bits per heavy atom. The Hall–Kier alpha value is -3.68. The second kappa shape index (κ2) is 10.8. The minimum atomic E-state index is -0.159. The molecule has 200 valence electrons. The van der Waals surface area contributed by atoms with Crippen molar-refractivity contribution in [2.24, 2.45) is 0 Å². The van der Waals surface area contributed by atoms with E-state index in [9.17, 15) is 4.79 Å². The smallest absolute Gasteiger partial charge is 0.224 e. The first-order valence-electron chi connectivity index (χ1n) is 13.1. The summed E-state index contributed by atoms with van der Waals surface area (Å²) in [7, 11) is 0. The van der Waals surface area contributed by atoms with Crippen LogP contribution in [0.5, 0.6) is 0 Å². The van der Waals surface area contributed by atoms with Gasteiger partial charge >= 0.3 is 0 Å². The van der Waals surface area contributed by atoms with Crippen LogP contribution in [-0.4, -0.2) is 20.6 Å².